The maximum absolute atomic E-state index is 4.36. The molecule has 0 radical (unpaired) electrons. The van der Waals surface area contributed by atoms with Crippen LogP contribution in [0.3, 0.4) is 0 Å². The number of aromatic nitrogens is 2. The summed E-state index contributed by atoms with van der Waals surface area (Å²) in [6.45, 7) is 8.97. The van der Waals surface area contributed by atoms with E-state index in [1.54, 1.807) is 12.4 Å². The highest BCUT2D eigenvalue weighted by Gasteiger charge is 2.17. The molecule has 0 aliphatic carbocycles. The van der Waals surface area contributed by atoms with Crippen molar-refractivity contribution in [2.75, 3.05) is 31.1 Å². The van der Waals surface area contributed by atoms with Crippen LogP contribution in [-0.4, -0.2) is 47.1 Å². The molecular weight excluding hydrogens is 200 g/mol. The summed E-state index contributed by atoms with van der Waals surface area (Å²) in [7, 11) is 0. The maximum Gasteiger partial charge on any atom is 0.147 e. The lowest BCUT2D eigenvalue weighted by Crippen LogP contribution is -2.35. The molecule has 1 aliphatic heterocycles. The maximum atomic E-state index is 4.36. The predicted octanol–water partition coefficient (Wildman–Crippen LogP) is 1.40. The van der Waals surface area contributed by atoms with Gasteiger partial charge in [0.15, 0.2) is 0 Å². The van der Waals surface area contributed by atoms with Crippen LogP contribution in [0.2, 0.25) is 0 Å². The van der Waals surface area contributed by atoms with Crippen molar-refractivity contribution in [3.63, 3.8) is 0 Å². The van der Waals surface area contributed by atoms with Gasteiger partial charge in [0.05, 0.1) is 6.20 Å². The minimum absolute atomic E-state index is 0.641. The first-order chi connectivity index (χ1) is 7.77. The van der Waals surface area contributed by atoms with Crippen molar-refractivity contribution < 1.29 is 0 Å². The van der Waals surface area contributed by atoms with Gasteiger partial charge in [-0.15, -0.1) is 0 Å². The molecular formula is C12H20N4. The number of nitrogens with zero attached hydrogens (tertiary/aromatic N) is 4. The van der Waals surface area contributed by atoms with Gasteiger partial charge in [0.2, 0.25) is 0 Å². The van der Waals surface area contributed by atoms with Crippen LogP contribution in [0.5, 0.6) is 0 Å². The van der Waals surface area contributed by atoms with Crippen molar-refractivity contribution in [3.8, 4) is 0 Å². The highest BCUT2D eigenvalue weighted by Crippen LogP contribution is 2.12. The molecule has 0 atom stereocenters. The van der Waals surface area contributed by atoms with E-state index in [1.165, 1.54) is 13.0 Å². The molecule has 0 aromatic carbocycles. The van der Waals surface area contributed by atoms with Crippen LogP contribution in [-0.2, 0) is 0 Å². The highest BCUT2D eigenvalue weighted by molar-refractivity contribution is 5.35. The van der Waals surface area contributed by atoms with Gasteiger partial charge in [0.25, 0.3) is 0 Å². The number of hydrogen-bond acceptors (Lipinski definition) is 4. The molecule has 1 fully saturated rings. The third-order valence-corrected chi connectivity index (χ3v) is 3.13. The van der Waals surface area contributed by atoms with Crippen LogP contribution in [0.25, 0.3) is 0 Å². The minimum atomic E-state index is 0.641. The molecule has 0 saturated carbocycles. The molecule has 88 valence electrons. The second kappa shape index (κ2) is 5.25. The van der Waals surface area contributed by atoms with Crippen LogP contribution in [0.4, 0.5) is 5.82 Å². The average Bonchev–Trinajstić information content (AvgIpc) is 2.55. The van der Waals surface area contributed by atoms with Gasteiger partial charge in [-0.1, -0.05) is 0 Å². The molecule has 1 aliphatic rings. The molecule has 16 heavy (non-hydrogen) atoms. The molecule has 0 unspecified atom stereocenters. The molecule has 2 heterocycles. The van der Waals surface area contributed by atoms with E-state index in [0.29, 0.717) is 6.04 Å². The number of rotatable bonds is 2. The molecule has 1 saturated heterocycles. The van der Waals surface area contributed by atoms with Gasteiger partial charge in [-0.25, -0.2) is 4.98 Å². The lowest BCUT2D eigenvalue weighted by molar-refractivity contribution is 0.238. The first-order valence-corrected chi connectivity index (χ1v) is 6.02. The smallest absolute Gasteiger partial charge is 0.147 e. The van der Waals surface area contributed by atoms with Crippen LogP contribution in [0, 0.1) is 0 Å². The van der Waals surface area contributed by atoms with Gasteiger partial charge < -0.3 is 4.90 Å². The normalized spacial score (nSPS) is 18.8. The van der Waals surface area contributed by atoms with Crippen molar-refractivity contribution in [1.82, 2.24) is 14.9 Å². The Bertz CT molecular complexity index is 312. The van der Waals surface area contributed by atoms with Gasteiger partial charge in [-0.2, -0.15) is 0 Å². The fraction of sp³-hybridized carbons (Fsp3) is 0.667. The molecule has 0 amide bonds. The Labute approximate surface area is 97.3 Å². The van der Waals surface area contributed by atoms with Crippen molar-refractivity contribution in [2.45, 2.75) is 26.3 Å². The zero-order valence-electron chi connectivity index (χ0n) is 10.1. The third kappa shape index (κ3) is 2.70. The number of anilines is 1. The largest absolute Gasteiger partial charge is 0.354 e. The Balaban J connectivity index is 1.99. The van der Waals surface area contributed by atoms with E-state index in [1.807, 2.05) is 6.20 Å². The fourth-order valence-electron chi connectivity index (χ4n) is 2.14. The average molecular weight is 220 g/mol. The summed E-state index contributed by atoms with van der Waals surface area (Å²) in [5, 5.41) is 0. The van der Waals surface area contributed by atoms with Gasteiger partial charge in [0, 0.05) is 44.6 Å². The molecule has 4 nitrogen and oxygen atoms in total. The molecule has 1 aromatic rings. The molecule has 2 rings (SSSR count). The first-order valence-electron chi connectivity index (χ1n) is 6.02. The lowest BCUT2D eigenvalue weighted by atomic mass is 10.3. The summed E-state index contributed by atoms with van der Waals surface area (Å²) in [6.07, 6.45) is 6.54. The van der Waals surface area contributed by atoms with Gasteiger partial charge in [-0.3, -0.25) is 9.88 Å². The van der Waals surface area contributed by atoms with E-state index in [-0.39, 0.29) is 0 Å². The second-order valence-electron chi connectivity index (χ2n) is 4.53. The van der Waals surface area contributed by atoms with Crippen LogP contribution >= 0.6 is 0 Å². The van der Waals surface area contributed by atoms with E-state index in [9.17, 15) is 0 Å². The Morgan fingerprint density at radius 2 is 2.00 bits per heavy atom. The zero-order valence-corrected chi connectivity index (χ0v) is 10.1. The van der Waals surface area contributed by atoms with E-state index in [0.717, 1.165) is 25.5 Å². The van der Waals surface area contributed by atoms with E-state index >= 15 is 0 Å². The third-order valence-electron chi connectivity index (χ3n) is 3.13. The summed E-state index contributed by atoms with van der Waals surface area (Å²) in [5.41, 5.74) is 0. The lowest BCUT2D eigenvalue weighted by Gasteiger charge is -2.25. The van der Waals surface area contributed by atoms with Crippen LogP contribution in [0.15, 0.2) is 18.6 Å². The van der Waals surface area contributed by atoms with E-state index in [4.69, 9.17) is 0 Å². The monoisotopic (exact) mass is 220 g/mol. The van der Waals surface area contributed by atoms with E-state index < -0.39 is 0 Å². The summed E-state index contributed by atoms with van der Waals surface area (Å²) >= 11 is 0. The minimum Gasteiger partial charge on any atom is -0.354 e. The van der Waals surface area contributed by atoms with Crippen molar-refractivity contribution >= 4 is 5.82 Å². The zero-order chi connectivity index (χ0) is 11.4. The van der Waals surface area contributed by atoms with Crippen molar-refractivity contribution in [1.29, 1.82) is 0 Å². The Hall–Kier alpha value is -1.16. The van der Waals surface area contributed by atoms with Gasteiger partial charge in [0.1, 0.15) is 5.82 Å². The second-order valence-corrected chi connectivity index (χ2v) is 4.53. The predicted molar refractivity (Wildman–Crippen MR) is 65.6 cm³/mol. The topological polar surface area (TPSA) is 32.3 Å². The Morgan fingerprint density at radius 1 is 1.12 bits per heavy atom. The quantitative estimate of drug-likeness (QED) is 0.754. The Morgan fingerprint density at radius 3 is 2.69 bits per heavy atom. The molecule has 4 heteroatoms. The molecule has 0 bridgehead atoms. The van der Waals surface area contributed by atoms with Crippen molar-refractivity contribution in [2.24, 2.45) is 0 Å². The molecule has 0 spiro atoms. The summed E-state index contributed by atoms with van der Waals surface area (Å²) in [6, 6.07) is 0.641. The van der Waals surface area contributed by atoms with Crippen LogP contribution < -0.4 is 4.90 Å². The summed E-state index contributed by atoms with van der Waals surface area (Å²) < 4.78 is 0. The molecule has 0 N–H and O–H groups in total. The van der Waals surface area contributed by atoms with Gasteiger partial charge in [-0.05, 0) is 20.3 Å². The van der Waals surface area contributed by atoms with Crippen LogP contribution in [0.1, 0.15) is 20.3 Å². The highest BCUT2D eigenvalue weighted by atomic mass is 15.3. The van der Waals surface area contributed by atoms with Gasteiger partial charge >= 0.3 is 0 Å². The van der Waals surface area contributed by atoms with Crippen molar-refractivity contribution in [3.05, 3.63) is 18.6 Å². The first kappa shape index (κ1) is 11.3. The fourth-order valence-corrected chi connectivity index (χ4v) is 2.14. The summed E-state index contributed by atoms with van der Waals surface area (Å²) in [5.74, 6) is 1.01. The number of hydrogen-bond donors (Lipinski definition) is 0. The van der Waals surface area contributed by atoms with E-state index in [2.05, 4.69) is 33.6 Å². The standard InChI is InChI=1S/C12H20N4/c1-11(2)15-6-3-7-16(9-8-15)12-10-13-4-5-14-12/h4-5,10-11H,3,6-9H2,1-2H3. The Kier molecular flexibility index (Phi) is 3.72. The molecule has 1 aromatic heterocycles. The summed E-state index contributed by atoms with van der Waals surface area (Å²) in [4.78, 5) is 13.3. The SMILES string of the molecule is CC(C)N1CCCN(c2cnccn2)CC1.